The van der Waals surface area contributed by atoms with Gasteiger partial charge in [-0.15, -0.1) is 10.2 Å². The summed E-state index contributed by atoms with van der Waals surface area (Å²) in [5.41, 5.74) is 0.613. The maximum Gasteiger partial charge on any atom is 0.257 e. The number of hydrogen-bond acceptors (Lipinski definition) is 4. The van der Waals surface area contributed by atoms with Gasteiger partial charge in [0.15, 0.2) is 5.82 Å². The summed E-state index contributed by atoms with van der Waals surface area (Å²) in [6.45, 7) is 1.75. The molecule has 0 bridgehead atoms. The van der Waals surface area contributed by atoms with E-state index in [1.54, 1.807) is 12.3 Å². The zero-order valence-corrected chi connectivity index (χ0v) is 12.6. The first-order valence-corrected chi connectivity index (χ1v) is 8.10. The highest BCUT2D eigenvalue weighted by atomic mass is 16.3. The van der Waals surface area contributed by atoms with Crippen LogP contribution in [0.3, 0.4) is 0 Å². The van der Waals surface area contributed by atoms with Crippen LogP contribution in [-0.4, -0.2) is 32.1 Å². The molecule has 6 nitrogen and oxygen atoms in total. The Balaban J connectivity index is 1.64. The number of fused-ring (bicyclic) bond motifs is 1. The van der Waals surface area contributed by atoms with E-state index >= 15 is 0 Å². The Morgan fingerprint density at radius 2 is 2.14 bits per heavy atom. The van der Waals surface area contributed by atoms with Crippen molar-refractivity contribution in [3.63, 3.8) is 0 Å². The summed E-state index contributed by atoms with van der Waals surface area (Å²) in [7, 11) is 0. The summed E-state index contributed by atoms with van der Waals surface area (Å²) in [6, 6.07) is 1.77. The molecule has 6 heteroatoms. The zero-order chi connectivity index (χ0) is 14.9. The number of nitrogens with zero attached hydrogens (tertiary/aromatic N) is 4. The minimum Gasteiger partial charge on any atom is -0.472 e. The van der Waals surface area contributed by atoms with Gasteiger partial charge in [-0.05, 0) is 31.7 Å². The Morgan fingerprint density at radius 1 is 1.18 bits per heavy atom. The predicted octanol–water partition coefficient (Wildman–Crippen LogP) is 2.57. The van der Waals surface area contributed by atoms with Crippen LogP contribution in [0, 0.1) is 0 Å². The van der Waals surface area contributed by atoms with Crippen molar-refractivity contribution in [2.75, 3.05) is 6.54 Å². The molecule has 2 aliphatic rings. The molecular formula is C16H20N4O2. The van der Waals surface area contributed by atoms with Gasteiger partial charge in [-0.2, -0.15) is 0 Å². The molecule has 0 N–H and O–H groups in total. The van der Waals surface area contributed by atoms with Gasteiger partial charge in [-0.25, -0.2) is 0 Å². The molecule has 0 spiro atoms. The smallest absolute Gasteiger partial charge is 0.257 e. The van der Waals surface area contributed by atoms with Crippen LogP contribution in [0.2, 0.25) is 0 Å². The number of aryl methyl sites for hydroxylation is 1. The van der Waals surface area contributed by atoms with E-state index in [1.165, 1.54) is 25.5 Å². The van der Waals surface area contributed by atoms with Gasteiger partial charge in [0.25, 0.3) is 5.91 Å². The lowest BCUT2D eigenvalue weighted by molar-refractivity contribution is 0.0726. The number of hydrogen-bond donors (Lipinski definition) is 0. The molecule has 0 radical (unpaired) electrons. The average molecular weight is 300 g/mol. The summed E-state index contributed by atoms with van der Waals surface area (Å²) < 4.78 is 7.30. The van der Waals surface area contributed by atoms with Crippen LogP contribution in [-0.2, 0) is 13.0 Å². The van der Waals surface area contributed by atoms with Crippen LogP contribution >= 0.6 is 0 Å². The largest absolute Gasteiger partial charge is 0.472 e. The maximum absolute atomic E-state index is 12.7. The second-order valence-corrected chi connectivity index (χ2v) is 6.11. The average Bonchev–Trinajstić information content (AvgIpc) is 3.24. The van der Waals surface area contributed by atoms with Gasteiger partial charge in [0.2, 0.25) is 0 Å². The lowest BCUT2D eigenvalue weighted by Gasteiger charge is -2.24. The molecule has 4 heterocycles. The van der Waals surface area contributed by atoms with Crippen molar-refractivity contribution in [1.82, 2.24) is 19.7 Å². The first-order valence-electron chi connectivity index (χ1n) is 8.10. The van der Waals surface area contributed by atoms with Gasteiger partial charge in [0.1, 0.15) is 12.1 Å². The van der Waals surface area contributed by atoms with Crippen LogP contribution in [0.5, 0.6) is 0 Å². The lowest BCUT2D eigenvalue weighted by Crippen LogP contribution is -2.32. The van der Waals surface area contributed by atoms with E-state index in [0.29, 0.717) is 5.56 Å². The van der Waals surface area contributed by atoms with Crippen LogP contribution < -0.4 is 0 Å². The second kappa shape index (κ2) is 5.59. The van der Waals surface area contributed by atoms with Crippen molar-refractivity contribution in [3.05, 3.63) is 35.8 Å². The molecule has 1 atom stereocenters. The van der Waals surface area contributed by atoms with E-state index < -0.39 is 0 Å². The van der Waals surface area contributed by atoms with E-state index in [9.17, 15) is 4.79 Å². The molecule has 2 aromatic heterocycles. The van der Waals surface area contributed by atoms with E-state index in [0.717, 1.165) is 44.0 Å². The van der Waals surface area contributed by atoms with Crippen LogP contribution in [0.15, 0.2) is 23.0 Å². The molecule has 116 valence electrons. The van der Waals surface area contributed by atoms with Crippen molar-refractivity contribution in [3.8, 4) is 0 Å². The Labute approximate surface area is 129 Å². The zero-order valence-electron chi connectivity index (χ0n) is 12.6. The number of aromatic nitrogens is 3. The van der Waals surface area contributed by atoms with E-state index in [2.05, 4.69) is 14.8 Å². The third kappa shape index (κ3) is 2.23. The first kappa shape index (κ1) is 13.5. The quantitative estimate of drug-likeness (QED) is 0.855. The van der Waals surface area contributed by atoms with Crippen molar-refractivity contribution in [2.24, 2.45) is 0 Å². The van der Waals surface area contributed by atoms with Crippen molar-refractivity contribution in [1.29, 1.82) is 0 Å². The fourth-order valence-electron chi connectivity index (χ4n) is 3.58. The van der Waals surface area contributed by atoms with Gasteiger partial charge in [0, 0.05) is 19.5 Å². The minimum absolute atomic E-state index is 0.0298. The maximum atomic E-state index is 12.7. The number of rotatable bonds is 2. The Hall–Kier alpha value is -2.11. The van der Waals surface area contributed by atoms with Gasteiger partial charge in [-0.3, -0.25) is 4.79 Å². The Morgan fingerprint density at radius 3 is 3.00 bits per heavy atom. The summed E-state index contributed by atoms with van der Waals surface area (Å²) in [5, 5.41) is 8.81. The fourth-order valence-corrected chi connectivity index (χ4v) is 3.58. The summed E-state index contributed by atoms with van der Waals surface area (Å²) in [6.07, 6.45) is 9.61. The van der Waals surface area contributed by atoms with E-state index in [-0.39, 0.29) is 11.9 Å². The summed E-state index contributed by atoms with van der Waals surface area (Å²) >= 11 is 0. The number of amides is 1. The highest BCUT2D eigenvalue weighted by molar-refractivity contribution is 5.94. The van der Waals surface area contributed by atoms with Gasteiger partial charge >= 0.3 is 0 Å². The predicted molar refractivity (Wildman–Crippen MR) is 79.3 cm³/mol. The highest BCUT2D eigenvalue weighted by Gasteiger charge is 2.35. The van der Waals surface area contributed by atoms with Crippen LogP contribution in [0.1, 0.15) is 60.2 Å². The molecule has 0 unspecified atom stereocenters. The normalized spacial score (nSPS) is 21.6. The third-order valence-corrected chi connectivity index (χ3v) is 4.72. The third-order valence-electron chi connectivity index (χ3n) is 4.72. The molecular weight excluding hydrogens is 280 g/mol. The molecule has 0 aromatic carbocycles. The summed E-state index contributed by atoms with van der Waals surface area (Å²) in [5.74, 6) is 2.07. The standard InChI is InChI=1S/C16H20N4O2/c21-16(12-7-10-22-11-12)19-9-4-5-13(19)15-18-17-14-6-2-1-3-8-20(14)15/h7,10-11,13H,1-6,8-9H2/t13-/m1/s1. The lowest BCUT2D eigenvalue weighted by atomic mass is 10.2. The van der Waals surface area contributed by atoms with E-state index in [1.807, 2.05) is 4.90 Å². The molecule has 4 rings (SSSR count). The fraction of sp³-hybridized carbons (Fsp3) is 0.562. The van der Waals surface area contributed by atoms with Crippen molar-refractivity contribution >= 4 is 5.91 Å². The van der Waals surface area contributed by atoms with Crippen LogP contribution in [0.4, 0.5) is 0 Å². The molecule has 0 aliphatic carbocycles. The highest BCUT2D eigenvalue weighted by Crippen LogP contribution is 2.33. The Kier molecular flexibility index (Phi) is 3.44. The molecule has 2 aromatic rings. The van der Waals surface area contributed by atoms with E-state index in [4.69, 9.17) is 4.42 Å². The van der Waals surface area contributed by atoms with Gasteiger partial charge in [-0.1, -0.05) is 6.42 Å². The van der Waals surface area contributed by atoms with Crippen LogP contribution in [0.25, 0.3) is 0 Å². The number of carbonyl (C=O) groups excluding carboxylic acids is 1. The molecule has 1 amide bonds. The first-order chi connectivity index (χ1) is 10.8. The number of likely N-dealkylation sites (tertiary alicyclic amines) is 1. The molecule has 22 heavy (non-hydrogen) atoms. The number of furan rings is 1. The van der Waals surface area contributed by atoms with Gasteiger partial charge in [0.05, 0.1) is 17.9 Å². The second-order valence-electron chi connectivity index (χ2n) is 6.11. The summed E-state index contributed by atoms with van der Waals surface area (Å²) in [4.78, 5) is 14.6. The van der Waals surface area contributed by atoms with Gasteiger partial charge < -0.3 is 13.9 Å². The number of carbonyl (C=O) groups is 1. The SMILES string of the molecule is O=C(c1ccoc1)N1CCC[C@@H]1c1nnc2n1CCCCC2. The topological polar surface area (TPSA) is 64.2 Å². The van der Waals surface area contributed by atoms with Crippen molar-refractivity contribution < 1.29 is 9.21 Å². The molecule has 1 fully saturated rings. The molecule has 1 saturated heterocycles. The Bertz CT molecular complexity index is 662. The molecule has 0 saturated carbocycles. The molecule has 2 aliphatic heterocycles. The van der Waals surface area contributed by atoms with Crippen molar-refractivity contribution in [2.45, 2.75) is 51.1 Å². The minimum atomic E-state index is 0.0298. The monoisotopic (exact) mass is 300 g/mol.